The number of imidazole rings is 1. The maximum Gasteiger partial charge on any atom is 0.124 e. The first-order valence-corrected chi connectivity index (χ1v) is 8.40. The van der Waals surface area contributed by atoms with Gasteiger partial charge in [0.1, 0.15) is 5.82 Å². The van der Waals surface area contributed by atoms with Crippen LogP contribution in [-0.4, -0.2) is 47.3 Å². The zero-order valence-corrected chi connectivity index (χ0v) is 14.1. The number of nitrogens with zero attached hydrogens (tertiary/aromatic N) is 3. The van der Waals surface area contributed by atoms with Gasteiger partial charge in [0, 0.05) is 29.7 Å². The fourth-order valence-corrected chi connectivity index (χ4v) is 3.25. The summed E-state index contributed by atoms with van der Waals surface area (Å²) in [7, 11) is 0. The number of ether oxygens (including phenoxy) is 1. The van der Waals surface area contributed by atoms with Crippen molar-refractivity contribution >= 4 is 45.2 Å². The molecule has 1 aromatic heterocycles. The molecular weight excluding hydrogens is 389 g/mol. The van der Waals surface area contributed by atoms with Gasteiger partial charge in [-0.25, -0.2) is 4.98 Å². The van der Waals surface area contributed by atoms with E-state index in [4.69, 9.17) is 16.3 Å². The fourth-order valence-electron chi connectivity index (χ4n) is 2.57. The van der Waals surface area contributed by atoms with Crippen LogP contribution in [0, 0.1) is 3.57 Å². The number of benzene rings is 1. The maximum absolute atomic E-state index is 6.05. The molecule has 1 aliphatic rings. The summed E-state index contributed by atoms with van der Waals surface area (Å²) in [6.45, 7) is 5.65. The smallest absolute Gasteiger partial charge is 0.124 e. The van der Waals surface area contributed by atoms with Crippen molar-refractivity contribution in [2.75, 3.05) is 32.8 Å². The van der Waals surface area contributed by atoms with Gasteiger partial charge >= 0.3 is 0 Å². The zero-order chi connectivity index (χ0) is 13.9. The standard InChI is InChI=1S/C14H17ClIN3O/c15-10-14-17-12-9-11(16)1-2-13(12)19(14)4-3-18-5-7-20-8-6-18/h1-2,9H,3-8,10H2. The molecule has 6 heteroatoms. The maximum atomic E-state index is 6.05. The van der Waals surface area contributed by atoms with E-state index in [9.17, 15) is 0 Å². The predicted octanol–water partition coefficient (Wildman–Crippen LogP) is 2.71. The van der Waals surface area contributed by atoms with Crippen LogP contribution in [0.3, 0.4) is 0 Å². The normalized spacial score (nSPS) is 16.9. The van der Waals surface area contributed by atoms with E-state index in [0.717, 1.165) is 50.7 Å². The molecule has 0 amide bonds. The third-order valence-corrected chi connectivity index (χ3v) is 4.56. The molecule has 0 radical (unpaired) electrons. The van der Waals surface area contributed by atoms with E-state index in [-0.39, 0.29) is 0 Å². The molecule has 0 saturated carbocycles. The molecule has 0 aliphatic carbocycles. The summed E-state index contributed by atoms with van der Waals surface area (Å²) in [6.07, 6.45) is 0. The Bertz CT molecular complexity index is 595. The summed E-state index contributed by atoms with van der Waals surface area (Å²) in [6, 6.07) is 6.37. The topological polar surface area (TPSA) is 30.3 Å². The average Bonchev–Trinajstić information content (AvgIpc) is 2.83. The second-order valence-corrected chi connectivity index (χ2v) is 6.41. The minimum Gasteiger partial charge on any atom is -0.379 e. The van der Waals surface area contributed by atoms with Crippen LogP contribution in [-0.2, 0) is 17.2 Å². The first-order valence-electron chi connectivity index (χ1n) is 6.78. The number of fused-ring (bicyclic) bond motifs is 1. The lowest BCUT2D eigenvalue weighted by atomic mass is 10.3. The molecule has 1 saturated heterocycles. The van der Waals surface area contributed by atoms with Crippen LogP contribution in [0.4, 0.5) is 0 Å². The molecule has 20 heavy (non-hydrogen) atoms. The predicted molar refractivity (Wildman–Crippen MR) is 89.3 cm³/mol. The molecule has 3 rings (SSSR count). The Hall–Kier alpha value is -0.370. The first-order chi connectivity index (χ1) is 9.78. The summed E-state index contributed by atoms with van der Waals surface area (Å²) in [5.74, 6) is 1.41. The molecule has 2 heterocycles. The molecule has 0 unspecified atom stereocenters. The molecule has 0 atom stereocenters. The van der Waals surface area contributed by atoms with E-state index in [1.807, 2.05) is 0 Å². The van der Waals surface area contributed by atoms with Crippen molar-refractivity contribution in [2.45, 2.75) is 12.4 Å². The van der Waals surface area contributed by atoms with Crippen molar-refractivity contribution in [3.8, 4) is 0 Å². The highest BCUT2D eigenvalue weighted by Gasteiger charge is 2.13. The average molecular weight is 406 g/mol. The number of hydrogen-bond acceptors (Lipinski definition) is 3. The fraction of sp³-hybridized carbons (Fsp3) is 0.500. The van der Waals surface area contributed by atoms with Crippen molar-refractivity contribution < 1.29 is 4.74 Å². The Labute approximate surface area is 137 Å². The van der Waals surface area contributed by atoms with Crippen molar-refractivity contribution in [3.05, 3.63) is 27.6 Å². The summed E-state index contributed by atoms with van der Waals surface area (Å²) < 4.78 is 8.83. The first kappa shape index (κ1) is 14.6. The van der Waals surface area contributed by atoms with Gasteiger partial charge < -0.3 is 9.30 Å². The molecular formula is C14H17ClIN3O. The number of alkyl halides is 1. The van der Waals surface area contributed by atoms with Crippen LogP contribution in [0.2, 0.25) is 0 Å². The molecule has 1 aromatic carbocycles. The molecule has 0 N–H and O–H groups in total. The van der Waals surface area contributed by atoms with Crippen LogP contribution >= 0.6 is 34.2 Å². The minimum absolute atomic E-state index is 0.453. The van der Waals surface area contributed by atoms with E-state index < -0.39 is 0 Å². The SMILES string of the molecule is ClCc1nc2cc(I)ccc2n1CCN1CCOCC1. The van der Waals surface area contributed by atoms with E-state index in [0.29, 0.717) is 5.88 Å². The van der Waals surface area contributed by atoms with Gasteiger partial charge in [0.15, 0.2) is 0 Å². The summed E-state index contributed by atoms with van der Waals surface area (Å²) in [4.78, 5) is 7.07. The number of morpholine rings is 1. The van der Waals surface area contributed by atoms with Gasteiger partial charge in [-0.1, -0.05) is 0 Å². The van der Waals surface area contributed by atoms with Gasteiger partial charge in [-0.2, -0.15) is 0 Å². The van der Waals surface area contributed by atoms with Crippen LogP contribution in [0.25, 0.3) is 11.0 Å². The quantitative estimate of drug-likeness (QED) is 0.579. The molecule has 1 aliphatic heterocycles. The highest BCUT2D eigenvalue weighted by atomic mass is 127. The Morgan fingerprint density at radius 1 is 1.25 bits per heavy atom. The van der Waals surface area contributed by atoms with Crippen LogP contribution in [0.1, 0.15) is 5.82 Å². The van der Waals surface area contributed by atoms with Gasteiger partial charge in [-0.15, -0.1) is 11.6 Å². The van der Waals surface area contributed by atoms with E-state index in [2.05, 4.69) is 55.2 Å². The lowest BCUT2D eigenvalue weighted by Crippen LogP contribution is -2.38. The molecule has 2 aromatic rings. The van der Waals surface area contributed by atoms with Crippen molar-refractivity contribution in [1.29, 1.82) is 0 Å². The highest BCUT2D eigenvalue weighted by molar-refractivity contribution is 14.1. The van der Waals surface area contributed by atoms with Crippen LogP contribution in [0.15, 0.2) is 18.2 Å². The summed E-state index contributed by atoms with van der Waals surface area (Å²) >= 11 is 8.36. The molecule has 1 fully saturated rings. The number of hydrogen-bond donors (Lipinski definition) is 0. The number of rotatable bonds is 4. The lowest BCUT2D eigenvalue weighted by molar-refractivity contribution is 0.0364. The van der Waals surface area contributed by atoms with Crippen molar-refractivity contribution in [2.24, 2.45) is 0 Å². The van der Waals surface area contributed by atoms with Gasteiger partial charge in [-0.05, 0) is 40.8 Å². The largest absolute Gasteiger partial charge is 0.379 e. The molecule has 108 valence electrons. The third-order valence-electron chi connectivity index (χ3n) is 3.65. The van der Waals surface area contributed by atoms with E-state index in [1.54, 1.807) is 0 Å². The zero-order valence-electron chi connectivity index (χ0n) is 11.2. The summed E-state index contributed by atoms with van der Waals surface area (Å²) in [5.41, 5.74) is 2.21. The number of aromatic nitrogens is 2. The Balaban J connectivity index is 1.81. The van der Waals surface area contributed by atoms with E-state index >= 15 is 0 Å². The second kappa shape index (κ2) is 6.60. The van der Waals surface area contributed by atoms with Crippen LogP contribution < -0.4 is 0 Å². The van der Waals surface area contributed by atoms with Crippen LogP contribution in [0.5, 0.6) is 0 Å². The molecule has 0 spiro atoms. The van der Waals surface area contributed by atoms with Gasteiger partial charge in [-0.3, -0.25) is 4.90 Å². The Morgan fingerprint density at radius 3 is 2.80 bits per heavy atom. The third kappa shape index (κ3) is 3.10. The van der Waals surface area contributed by atoms with Gasteiger partial charge in [0.2, 0.25) is 0 Å². The van der Waals surface area contributed by atoms with Gasteiger partial charge in [0.05, 0.1) is 30.1 Å². The highest BCUT2D eigenvalue weighted by Crippen LogP contribution is 2.20. The summed E-state index contributed by atoms with van der Waals surface area (Å²) in [5, 5.41) is 0. The Kier molecular flexibility index (Phi) is 4.80. The van der Waals surface area contributed by atoms with E-state index in [1.165, 1.54) is 9.09 Å². The minimum atomic E-state index is 0.453. The second-order valence-electron chi connectivity index (χ2n) is 4.90. The number of halogens is 2. The Morgan fingerprint density at radius 2 is 2.05 bits per heavy atom. The monoisotopic (exact) mass is 405 g/mol. The molecule has 0 bridgehead atoms. The van der Waals surface area contributed by atoms with Crippen molar-refractivity contribution in [1.82, 2.24) is 14.5 Å². The van der Waals surface area contributed by atoms with Crippen molar-refractivity contribution in [3.63, 3.8) is 0 Å². The lowest BCUT2D eigenvalue weighted by Gasteiger charge is -2.26. The van der Waals surface area contributed by atoms with Gasteiger partial charge in [0.25, 0.3) is 0 Å². The molecule has 4 nitrogen and oxygen atoms in total.